The van der Waals surface area contributed by atoms with Crippen LogP contribution in [0.1, 0.15) is 32.1 Å². The Morgan fingerprint density at radius 1 is 1.05 bits per heavy atom. The van der Waals surface area contributed by atoms with Crippen molar-refractivity contribution in [3.63, 3.8) is 0 Å². The Balaban J connectivity index is 2.17. The van der Waals surface area contributed by atoms with Crippen molar-refractivity contribution in [3.05, 3.63) is 65.0 Å². The molecule has 0 saturated carbocycles. The van der Waals surface area contributed by atoms with E-state index in [2.05, 4.69) is 9.72 Å². The van der Waals surface area contributed by atoms with Gasteiger partial charge in [-0.05, 0) is 24.6 Å². The van der Waals surface area contributed by atoms with E-state index in [1.165, 1.54) is 13.2 Å². The molecule has 5 heteroatoms. The summed E-state index contributed by atoms with van der Waals surface area (Å²) >= 11 is 0. The molecule has 1 heterocycles. The number of rotatable bonds is 4. The van der Waals surface area contributed by atoms with Gasteiger partial charge in [-0.1, -0.05) is 30.3 Å². The maximum absolute atomic E-state index is 12.1. The van der Waals surface area contributed by atoms with Crippen molar-refractivity contribution in [2.75, 3.05) is 7.11 Å². The van der Waals surface area contributed by atoms with Crippen molar-refractivity contribution >= 4 is 11.9 Å². The third-order valence-corrected chi connectivity index (χ3v) is 2.85. The third-order valence-electron chi connectivity index (χ3n) is 2.85. The minimum atomic E-state index is -0.662. The Labute approximate surface area is 122 Å². The van der Waals surface area contributed by atoms with Gasteiger partial charge < -0.3 is 9.47 Å². The van der Waals surface area contributed by atoms with Gasteiger partial charge in [0.15, 0.2) is 5.69 Å². The van der Waals surface area contributed by atoms with Crippen LogP contribution in [-0.4, -0.2) is 24.0 Å². The molecular weight excluding hydrogens is 270 g/mol. The molecule has 2 aromatic rings. The first-order chi connectivity index (χ1) is 10.1. The summed E-state index contributed by atoms with van der Waals surface area (Å²) in [6.45, 7) is 1.86. The van der Waals surface area contributed by atoms with Crippen molar-refractivity contribution in [1.82, 2.24) is 4.98 Å². The normalized spacial score (nSPS) is 10.0. The van der Waals surface area contributed by atoms with Crippen LogP contribution < -0.4 is 0 Å². The number of aromatic nitrogens is 1. The van der Waals surface area contributed by atoms with Crippen LogP contribution in [0.3, 0.4) is 0 Å². The lowest BCUT2D eigenvalue weighted by molar-refractivity contribution is 0.0455. The van der Waals surface area contributed by atoms with E-state index in [1.54, 1.807) is 13.0 Å². The first-order valence-corrected chi connectivity index (χ1v) is 6.39. The third kappa shape index (κ3) is 3.66. The smallest absolute Gasteiger partial charge is 0.357 e. The number of carbonyl (C=O) groups excluding carboxylic acids is 2. The Bertz CT molecular complexity index is 653. The fourth-order valence-corrected chi connectivity index (χ4v) is 1.77. The molecule has 0 aliphatic rings. The van der Waals surface area contributed by atoms with Crippen molar-refractivity contribution in [2.45, 2.75) is 13.5 Å². The highest BCUT2D eigenvalue weighted by molar-refractivity contribution is 6.01. The molecule has 5 nitrogen and oxygen atoms in total. The van der Waals surface area contributed by atoms with E-state index in [0.717, 1.165) is 5.56 Å². The summed E-state index contributed by atoms with van der Waals surface area (Å²) in [5.41, 5.74) is 1.56. The summed E-state index contributed by atoms with van der Waals surface area (Å²) in [7, 11) is 1.24. The van der Waals surface area contributed by atoms with Gasteiger partial charge in [-0.3, -0.25) is 0 Å². The lowest BCUT2D eigenvalue weighted by atomic mass is 10.1. The quantitative estimate of drug-likeness (QED) is 0.808. The zero-order valence-electron chi connectivity index (χ0n) is 11.8. The minimum absolute atomic E-state index is 0.0319. The van der Waals surface area contributed by atoms with Crippen LogP contribution >= 0.6 is 0 Å². The molecule has 0 aliphatic heterocycles. The number of pyridine rings is 1. The highest BCUT2D eigenvalue weighted by atomic mass is 16.5. The van der Waals surface area contributed by atoms with Gasteiger partial charge in [-0.2, -0.15) is 0 Å². The summed E-state index contributed by atoms with van der Waals surface area (Å²) in [6.07, 6.45) is 0. The van der Waals surface area contributed by atoms with Crippen molar-refractivity contribution in [3.8, 4) is 0 Å². The summed E-state index contributed by atoms with van der Waals surface area (Å²) in [5.74, 6) is -1.27. The predicted octanol–water partition coefficient (Wildman–Crippen LogP) is 2.53. The van der Waals surface area contributed by atoms with E-state index < -0.39 is 11.9 Å². The van der Waals surface area contributed by atoms with E-state index in [4.69, 9.17) is 4.74 Å². The maximum Gasteiger partial charge on any atom is 0.357 e. The number of aryl methyl sites for hydroxylation is 1. The fourth-order valence-electron chi connectivity index (χ4n) is 1.77. The van der Waals surface area contributed by atoms with E-state index in [-0.39, 0.29) is 17.9 Å². The molecule has 0 fully saturated rings. The highest BCUT2D eigenvalue weighted by Gasteiger charge is 2.20. The summed E-state index contributed by atoms with van der Waals surface area (Å²) in [4.78, 5) is 27.8. The molecule has 0 spiro atoms. The number of hydrogen-bond donors (Lipinski definition) is 0. The van der Waals surface area contributed by atoms with Gasteiger partial charge in [-0.25, -0.2) is 14.6 Å². The van der Waals surface area contributed by atoms with Crippen molar-refractivity contribution < 1.29 is 19.1 Å². The molecule has 0 aliphatic carbocycles. The Morgan fingerprint density at radius 3 is 2.43 bits per heavy atom. The number of methoxy groups -OCH3 is 1. The zero-order chi connectivity index (χ0) is 15.2. The summed E-state index contributed by atoms with van der Waals surface area (Å²) in [6, 6.07) is 12.5. The van der Waals surface area contributed by atoms with Crippen molar-refractivity contribution in [1.29, 1.82) is 0 Å². The Morgan fingerprint density at radius 2 is 1.76 bits per heavy atom. The van der Waals surface area contributed by atoms with Crippen molar-refractivity contribution in [2.24, 2.45) is 0 Å². The number of nitrogens with zero attached hydrogens (tertiary/aromatic N) is 1. The van der Waals surface area contributed by atoms with Gasteiger partial charge in [0.25, 0.3) is 0 Å². The van der Waals surface area contributed by atoms with Crippen LogP contribution in [0.25, 0.3) is 0 Å². The first kappa shape index (κ1) is 14.7. The van der Waals surface area contributed by atoms with Crippen LogP contribution in [0.2, 0.25) is 0 Å². The SMILES string of the molecule is COC(=O)c1nc(C)ccc1C(=O)OCc1ccccc1. The first-order valence-electron chi connectivity index (χ1n) is 6.39. The summed E-state index contributed by atoms with van der Waals surface area (Å²) < 4.78 is 9.84. The lowest BCUT2D eigenvalue weighted by Gasteiger charge is -2.08. The van der Waals surface area contributed by atoms with E-state index in [9.17, 15) is 9.59 Å². The van der Waals surface area contributed by atoms with E-state index >= 15 is 0 Å². The highest BCUT2D eigenvalue weighted by Crippen LogP contribution is 2.12. The number of ether oxygens (including phenoxy) is 2. The van der Waals surface area contributed by atoms with Crippen LogP contribution in [0.4, 0.5) is 0 Å². The van der Waals surface area contributed by atoms with Gasteiger partial charge in [0.05, 0.1) is 12.7 Å². The predicted molar refractivity (Wildman–Crippen MR) is 75.9 cm³/mol. The summed E-state index contributed by atoms with van der Waals surface area (Å²) in [5, 5.41) is 0. The number of hydrogen-bond acceptors (Lipinski definition) is 5. The van der Waals surface area contributed by atoms with Crippen LogP contribution in [-0.2, 0) is 16.1 Å². The molecule has 0 amide bonds. The van der Waals surface area contributed by atoms with Crippen LogP contribution in [0.5, 0.6) is 0 Å². The molecule has 1 aromatic carbocycles. The lowest BCUT2D eigenvalue weighted by Crippen LogP contribution is -2.15. The minimum Gasteiger partial charge on any atom is -0.464 e. The van der Waals surface area contributed by atoms with Crippen LogP contribution in [0, 0.1) is 6.92 Å². The maximum atomic E-state index is 12.1. The number of carbonyl (C=O) groups is 2. The number of esters is 2. The molecule has 1 aromatic heterocycles. The Hall–Kier alpha value is -2.69. The largest absolute Gasteiger partial charge is 0.464 e. The van der Waals surface area contributed by atoms with Gasteiger partial charge >= 0.3 is 11.9 Å². The average molecular weight is 285 g/mol. The second-order valence-corrected chi connectivity index (χ2v) is 4.40. The Kier molecular flexibility index (Phi) is 4.66. The van der Waals surface area contributed by atoms with Gasteiger partial charge in [-0.15, -0.1) is 0 Å². The number of benzene rings is 1. The monoisotopic (exact) mass is 285 g/mol. The second-order valence-electron chi connectivity index (χ2n) is 4.40. The molecule has 2 rings (SSSR count). The average Bonchev–Trinajstić information content (AvgIpc) is 2.52. The fraction of sp³-hybridized carbons (Fsp3) is 0.188. The molecule has 0 radical (unpaired) electrons. The van der Waals surface area contributed by atoms with E-state index in [0.29, 0.717) is 5.69 Å². The van der Waals surface area contributed by atoms with Crippen LogP contribution in [0.15, 0.2) is 42.5 Å². The molecule has 0 unspecified atom stereocenters. The molecule has 0 atom stereocenters. The zero-order valence-corrected chi connectivity index (χ0v) is 11.8. The van der Waals surface area contributed by atoms with E-state index in [1.807, 2.05) is 30.3 Å². The standard InChI is InChI=1S/C16H15NO4/c1-11-8-9-13(14(17-11)16(19)20-2)15(18)21-10-12-6-4-3-5-7-12/h3-9H,10H2,1-2H3. The van der Waals surface area contributed by atoms with Gasteiger partial charge in [0.1, 0.15) is 6.61 Å². The molecule has 108 valence electrons. The second kappa shape index (κ2) is 6.65. The molecule has 0 saturated heterocycles. The molecule has 21 heavy (non-hydrogen) atoms. The molecule has 0 N–H and O–H groups in total. The van der Waals surface area contributed by atoms with Gasteiger partial charge in [0, 0.05) is 5.69 Å². The van der Waals surface area contributed by atoms with Gasteiger partial charge in [0.2, 0.25) is 0 Å². The molecular formula is C16H15NO4. The topological polar surface area (TPSA) is 65.5 Å². The molecule has 0 bridgehead atoms.